The molecule has 212 valence electrons. The molecule has 2 saturated heterocycles. The van der Waals surface area contributed by atoms with Crippen LogP contribution >= 0.6 is 11.6 Å². The molecule has 2 aliphatic heterocycles. The number of hydrogen-bond acceptors (Lipinski definition) is 6. The van der Waals surface area contributed by atoms with Crippen LogP contribution in [0.3, 0.4) is 0 Å². The van der Waals surface area contributed by atoms with Gasteiger partial charge in [0.05, 0.1) is 28.9 Å². The average molecular weight is 586 g/mol. The van der Waals surface area contributed by atoms with Crippen LogP contribution in [0, 0.1) is 29.5 Å². The summed E-state index contributed by atoms with van der Waals surface area (Å²) in [6, 6.07) is 18.6. The summed E-state index contributed by atoms with van der Waals surface area (Å²) in [5, 5.41) is 14.0. The van der Waals surface area contributed by atoms with Gasteiger partial charge in [-0.25, -0.2) is 4.39 Å². The smallest absolute Gasteiger partial charge is 0.260 e. The Kier molecular flexibility index (Phi) is 5.99. The number of fused-ring (bicyclic) bond motifs is 4. The first-order valence-electron chi connectivity index (χ1n) is 13.7. The number of anilines is 1. The number of amides is 4. The molecule has 10 heteroatoms. The molecule has 4 amide bonds. The maximum absolute atomic E-state index is 14.8. The fourth-order valence-corrected chi connectivity index (χ4v) is 7.73. The van der Waals surface area contributed by atoms with Gasteiger partial charge in [0.15, 0.2) is 0 Å². The average Bonchev–Trinajstić information content (AvgIpc) is 3.39. The summed E-state index contributed by atoms with van der Waals surface area (Å²) in [6.07, 6.45) is 2.43. The molecule has 6 atom stereocenters. The number of hydrogen-bond donors (Lipinski definition) is 3. The summed E-state index contributed by atoms with van der Waals surface area (Å²) < 4.78 is 13.6. The van der Waals surface area contributed by atoms with Gasteiger partial charge in [0.2, 0.25) is 11.8 Å². The Hall–Kier alpha value is -4.50. The molecule has 0 spiro atoms. The molecule has 4 aliphatic rings. The fourth-order valence-electron chi connectivity index (χ4n) is 7.61. The monoisotopic (exact) mass is 585 g/mol. The van der Waals surface area contributed by atoms with Crippen molar-refractivity contribution in [2.75, 3.05) is 5.43 Å². The third kappa shape index (κ3) is 3.73. The first-order chi connectivity index (χ1) is 20.2. The summed E-state index contributed by atoms with van der Waals surface area (Å²) in [5.74, 6) is -5.43. The van der Waals surface area contributed by atoms with Gasteiger partial charge in [0.25, 0.3) is 11.8 Å². The summed E-state index contributed by atoms with van der Waals surface area (Å²) in [7, 11) is 0. The molecule has 7 rings (SSSR count). The van der Waals surface area contributed by atoms with Crippen LogP contribution in [0.4, 0.5) is 10.1 Å². The van der Waals surface area contributed by atoms with Gasteiger partial charge in [-0.2, -0.15) is 5.01 Å². The number of allylic oxidation sites excluding steroid dienone is 2. The molecule has 0 radical (unpaired) electrons. The Morgan fingerprint density at radius 2 is 1.60 bits per heavy atom. The van der Waals surface area contributed by atoms with Gasteiger partial charge in [0, 0.05) is 10.9 Å². The highest BCUT2D eigenvalue weighted by Gasteiger charge is 2.69. The van der Waals surface area contributed by atoms with Gasteiger partial charge in [-0.3, -0.25) is 29.9 Å². The standard InChI is InChI=1S/C32H25ClFN3O5/c33-18-5-3-17(4-6-18)32-25(30(41)37(31(32)42)36-20-9-7-19(34)8-10-20)15-24-22(27(32)16-1-11-21(38)12-2-16)13-14-23-26(24)29(40)35-28(23)39/h1-13,23-27,36,38H,14-15H2,(H,35,39,40)/t23-,24+,25-,26-,27-,32+/m0/s1. The predicted molar refractivity (Wildman–Crippen MR) is 150 cm³/mol. The molecule has 3 N–H and O–H groups in total. The number of aromatic hydroxyl groups is 1. The molecule has 42 heavy (non-hydrogen) atoms. The SMILES string of the molecule is O=C1NC(=O)[C@H]2CC=C3[C@@H](C[C@H]4C(=O)N(Nc5ccc(F)cc5)C(=O)[C@@]4(c4ccc(Cl)cc4)[C@H]3c3ccc(O)cc3)[C@@H]12. The largest absolute Gasteiger partial charge is 0.508 e. The minimum absolute atomic E-state index is 0.0371. The Bertz CT molecular complexity index is 1670. The van der Waals surface area contributed by atoms with Gasteiger partial charge < -0.3 is 5.11 Å². The summed E-state index contributed by atoms with van der Waals surface area (Å²) in [5.41, 5.74) is 3.87. The van der Waals surface area contributed by atoms with E-state index >= 15 is 0 Å². The van der Waals surface area contributed by atoms with Crippen LogP contribution in [0.1, 0.15) is 29.9 Å². The van der Waals surface area contributed by atoms with Crippen LogP contribution in [0.15, 0.2) is 84.4 Å². The van der Waals surface area contributed by atoms with Gasteiger partial charge >= 0.3 is 0 Å². The van der Waals surface area contributed by atoms with E-state index in [9.17, 15) is 28.7 Å². The van der Waals surface area contributed by atoms with E-state index in [1.54, 1.807) is 36.4 Å². The molecule has 0 aromatic heterocycles. The van der Waals surface area contributed by atoms with Crippen molar-refractivity contribution in [3.63, 3.8) is 0 Å². The zero-order valence-corrected chi connectivity index (χ0v) is 22.8. The van der Waals surface area contributed by atoms with Gasteiger partial charge in [-0.05, 0) is 78.4 Å². The molecule has 8 nitrogen and oxygen atoms in total. The number of carbonyl (C=O) groups excluding carboxylic acids is 4. The lowest BCUT2D eigenvalue weighted by atomic mass is 9.49. The topological polar surface area (TPSA) is 116 Å². The van der Waals surface area contributed by atoms with Crippen LogP contribution < -0.4 is 10.7 Å². The van der Waals surface area contributed by atoms with Crippen molar-refractivity contribution < 1.29 is 28.7 Å². The van der Waals surface area contributed by atoms with Crippen molar-refractivity contribution in [3.05, 3.63) is 106 Å². The van der Waals surface area contributed by atoms with Crippen LogP contribution in [0.5, 0.6) is 5.75 Å². The number of carbonyl (C=O) groups is 4. The third-order valence-electron chi connectivity index (χ3n) is 9.33. The molecule has 3 aromatic rings. The Balaban J connectivity index is 1.46. The molecule has 3 aromatic carbocycles. The maximum Gasteiger partial charge on any atom is 0.260 e. The highest BCUT2D eigenvalue weighted by molar-refractivity contribution is 6.30. The Morgan fingerprint density at radius 3 is 2.29 bits per heavy atom. The predicted octanol–water partition coefficient (Wildman–Crippen LogP) is 4.46. The van der Waals surface area contributed by atoms with Crippen LogP contribution in [0.2, 0.25) is 5.02 Å². The zero-order valence-electron chi connectivity index (χ0n) is 22.1. The van der Waals surface area contributed by atoms with Crippen molar-refractivity contribution in [3.8, 4) is 5.75 Å². The van der Waals surface area contributed by atoms with Gasteiger partial charge in [-0.15, -0.1) is 0 Å². The first-order valence-corrected chi connectivity index (χ1v) is 14.1. The van der Waals surface area contributed by atoms with E-state index in [4.69, 9.17) is 11.6 Å². The lowest BCUT2D eigenvalue weighted by molar-refractivity contribution is -0.138. The number of halogens is 2. The lowest BCUT2D eigenvalue weighted by Gasteiger charge is -2.50. The number of nitrogens with one attached hydrogen (secondary N) is 2. The van der Waals surface area contributed by atoms with Crippen molar-refractivity contribution in [2.24, 2.45) is 23.7 Å². The number of phenols is 1. The number of benzene rings is 3. The minimum atomic E-state index is -1.44. The molecule has 2 aliphatic carbocycles. The van der Waals surface area contributed by atoms with E-state index in [-0.39, 0.29) is 24.0 Å². The minimum Gasteiger partial charge on any atom is -0.508 e. The van der Waals surface area contributed by atoms with E-state index in [2.05, 4.69) is 10.7 Å². The maximum atomic E-state index is 14.8. The fraction of sp³-hybridized carbons (Fsp3) is 0.250. The van der Waals surface area contributed by atoms with Crippen LogP contribution in [-0.2, 0) is 24.6 Å². The first kappa shape index (κ1) is 26.4. The second-order valence-electron chi connectivity index (χ2n) is 11.3. The molecular weight excluding hydrogens is 561 g/mol. The number of imide groups is 2. The van der Waals surface area contributed by atoms with Crippen LogP contribution in [0.25, 0.3) is 0 Å². The van der Waals surface area contributed by atoms with E-state index in [1.807, 2.05) is 6.08 Å². The molecule has 2 heterocycles. The summed E-state index contributed by atoms with van der Waals surface area (Å²) >= 11 is 6.26. The highest BCUT2D eigenvalue weighted by Crippen LogP contribution is 2.63. The van der Waals surface area contributed by atoms with Crippen molar-refractivity contribution in [2.45, 2.75) is 24.2 Å². The van der Waals surface area contributed by atoms with Crippen molar-refractivity contribution in [1.82, 2.24) is 10.3 Å². The van der Waals surface area contributed by atoms with E-state index in [0.29, 0.717) is 28.3 Å². The summed E-state index contributed by atoms with van der Waals surface area (Å²) in [6.45, 7) is 0. The molecular formula is C32H25ClFN3O5. The highest BCUT2D eigenvalue weighted by atomic mass is 35.5. The molecule has 1 saturated carbocycles. The van der Waals surface area contributed by atoms with Crippen molar-refractivity contribution in [1.29, 1.82) is 0 Å². The van der Waals surface area contributed by atoms with E-state index in [1.165, 1.54) is 36.4 Å². The molecule has 0 bridgehead atoms. The van der Waals surface area contributed by atoms with Crippen molar-refractivity contribution >= 4 is 40.9 Å². The number of hydrazine groups is 1. The van der Waals surface area contributed by atoms with Crippen LogP contribution in [-0.4, -0.2) is 33.7 Å². The van der Waals surface area contributed by atoms with E-state index < -0.39 is 52.6 Å². The van der Waals surface area contributed by atoms with Gasteiger partial charge in [-0.1, -0.05) is 47.5 Å². The Labute approximate surface area is 245 Å². The third-order valence-corrected chi connectivity index (χ3v) is 9.58. The normalized spacial score (nSPS) is 29.9. The zero-order chi connectivity index (χ0) is 29.3. The lowest BCUT2D eigenvalue weighted by Crippen LogP contribution is -2.53. The van der Waals surface area contributed by atoms with E-state index in [0.717, 1.165) is 10.6 Å². The molecule has 0 unspecified atom stereocenters. The number of nitrogens with zero attached hydrogens (tertiary/aromatic N) is 1. The quantitative estimate of drug-likeness (QED) is 0.308. The number of phenolic OH excluding ortho intramolecular Hbond substituents is 1. The second-order valence-corrected chi connectivity index (χ2v) is 11.8. The van der Waals surface area contributed by atoms with Gasteiger partial charge in [0.1, 0.15) is 11.6 Å². The molecule has 3 fully saturated rings. The summed E-state index contributed by atoms with van der Waals surface area (Å²) in [4.78, 5) is 54.9. The number of rotatable bonds is 4. The Morgan fingerprint density at radius 1 is 0.905 bits per heavy atom. The second kappa shape index (κ2) is 9.52.